The van der Waals surface area contributed by atoms with E-state index in [0.29, 0.717) is 11.6 Å². The fraction of sp³-hybridized carbons (Fsp3) is 0.583. The van der Waals surface area contributed by atoms with E-state index in [1.807, 2.05) is 12.1 Å². The first-order valence-electron chi connectivity index (χ1n) is 5.60. The zero-order valence-corrected chi connectivity index (χ0v) is 9.85. The second-order valence-corrected chi connectivity index (χ2v) is 5.20. The third-order valence-electron chi connectivity index (χ3n) is 3.46. The van der Waals surface area contributed by atoms with Gasteiger partial charge in [0.05, 0.1) is 11.9 Å². The van der Waals surface area contributed by atoms with E-state index in [1.165, 1.54) is 0 Å². The maximum atomic E-state index is 9.34. The van der Waals surface area contributed by atoms with Crippen molar-refractivity contribution in [2.75, 3.05) is 30.3 Å². The summed E-state index contributed by atoms with van der Waals surface area (Å²) in [5, 5.41) is 9.34. The van der Waals surface area contributed by atoms with Gasteiger partial charge in [0.1, 0.15) is 5.82 Å². The molecule has 1 aliphatic rings. The number of rotatable bonds is 2. The minimum Gasteiger partial charge on any atom is -0.397 e. The van der Waals surface area contributed by atoms with Crippen molar-refractivity contribution >= 4 is 11.5 Å². The predicted molar refractivity (Wildman–Crippen MR) is 65.2 cm³/mol. The fourth-order valence-electron chi connectivity index (χ4n) is 2.26. The third kappa shape index (κ3) is 1.97. The molecule has 0 aromatic carbocycles. The molecule has 1 aromatic heterocycles. The van der Waals surface area contributed by atoms with E-state index in [2.05, 4.69) is 23.7 Å². The number of hydrogen-bond donors (Lipinski definition) is 2. The molecule has 1 fully saturated rings. The van der Waals surface area contributed by atoms with Gasteiger partial charge in [-0.1, -0.05) is 13.8 Å². The Morgan fingerprint density at radius 3 is 2.81 bits per heavy atom. The van der Waals surface area contributed by atoms with Crippen LogP contribution in [0.15, 0.2) is 18.3 Å². The molecular weight excluding hydrogens is 202 g/mol. The molecule has 0 bridgehead atoms. The van der Waals surface area contributed by atoms with Crippen molar-refractivity contribution in [3.8, 4) is 0 Å². The van der Waals surface area contributed by atoms with Gasteiger partial charge >= 0.3 is 0 Å². The second-order valence-electron chi connectivity index (χ2n) is 5.20. The van der Waals surface area contributed by atoms with Gasteiger partial charge in [0, 0.05) is 25.6 Å². The molecule has 0 unspecified atom stereocenters. The molecule has 4 nitrogen and oxygen atoms in total. The lowest BCUT2D eigenvalue weighted by Crippen LogP contribution is -2.25. The van der Waals surface area contributed by atoms with E-state index in [-0.39, 0.29) is 12.0 Å². The van der Waals surface area contributed by atoms with E-state index in [4.69, 9.17) is 5.73 Å². The molecule has 88 valence electrons. The van der Waals surface area contributed by atoms with Crippen molar-refractivity contribution < 1.29 is 5.11 Å². The smallest absolute Gasteiger partial charge is 0.128 e. The summed E-state index contributed by atoms with van der Waals surface area (Å²) in [6.45, 7) is 6.39. The molecule has 0 saturated carbocycles. The van der Waals surface area contributed by atoms with E-state index in [0.717, 1.165) is 18.9 Å². The fourth-order valence-corrected chi connectivity index (χ4v) is 2.26. The molecule has 2 heterocycles. The van der Waals surface area contributed by atoms with Crippen molar-refractivity contribution in [3.63, 3.8) is 0 Å². The van der Waals surface area contributed by atoms with Crippen molar-refractivity contribution in [2.45, 2.75) is 13.8 Å². The van der Waals surface area contributed by atoms with Gasteiger partial charge in [-0.05, 0) is 17.5 Å². The summed E-state index contributed by atoms with van der Waals surface area (Å²) in [5.41, 5.74) is 6.43. The Morgan fingerprint density at radius 1 is 1.56 bits per heavy atom. The number of anilines is 2. The Morgan fingerprint density at radius 2 is 2.31 bits per heavy atom. The Balaban J connectivity index is 2.16. The van der Waals surface area contributed by atoms with Gasteiger partial charge in [0.15, 0.2) is 0 Å². The van der Waals surface area contributed by atoms with Crippen LogP contribution >= 0.6 is 0 Å². The molecule has 1 aromatic rings. The lowest BCUT2D eigenvalue weighted by atomic mass is 9.83. The number of nitrogens with zero attached hydrogens (tertiary/aromatic N) is 2. The molecule has 1 atom stereocenters. The van der Waals surface area contributed by atoms with Gasteiger partial charge < -0.3 is 15.7 Å². The zero-order chi connectivity index (χ0) is 11.8. The van der Waals surface area contributed by atoms with Crippen molar-refractivity contribution in [2.24, 2.45) is 11.3 Å². The summed E-state index contributed by atoms with van der Waals surface area (Å²) in [7, 11) is 0. The number of pyridine rings is 1. The molecule has 0 spiro atoms. The third-order valence-corrected chi connectivity index (χ3v) is 3.46. The first-order chi connectivity index (χ1) is 7.53. The lowest BCUT2D eigenvalue weighted by molar-refractivity contribution is 0.161. The molecule has 2 rings (SSSR count). The van der Waals surface area contributed by atoms with Gasteiger partial charge in [0.2, 0.25) is 0 Å². The van der Waals surface area contributed by atoms with Crippen molar-refractivity contribution in [1.82, 2.24) is 4.98 Å². The predicted octanol–water partition coefficient (Wildman–Crippen LogP) is 1.12. The van der Waals surface area contributed by atoms with E-state index in [9.17, 15) is 5.11 Å². The molecule has 1 aliphatic heterocycles. The number of hydrogen-bond acceptors (Lipinski definition) is 4. The highest BCUT2D eigenvalue weighted by Gasteiger charge is 2.39. The van der Waals surface area contributed by atoms with Gasteiger partial charge in [-0.15, -0.1) is 0 Å². The molecule has 16 heavy (non-hydrogen) atoms. The number of aromatic nitrogens is 1. The van der Waals surface area contributed by atoms with Crippen molar-refractivity contribution in [3.05, 3.63) is 18.3 Å². The summed E-state index contributed by atoms with van der Waals surface area (Å²) in [4.78, 5) is 6.52. The minimum absolute atomic E-state index is 0.137. The van der Waals surface area contributed by atoms with E-state index < -0.39 is 0 Å². The molecule has 0 amide bonds. The van der Waals surface area contributed by atoms with Gasteiger partial charge in [-0.3, -0.25) is 0 Å². The van der Waals surface area contributed by atoms with Crippen LogP contribution in [0.5, 0.6) is 0 Å². The van der Waals surface area contributed by atoms with Crippen LogP contribution < -0.4 is 10.6 Å². The van der Waals surface area contributed by atoms with Gasteiger partial charge in [0.25, 0.3) is 0 Å². The number of nitrogen functional groups attached to an aromatic ring is 1. The quantitative estimate of drug-likeness (QED) is 0.785. The van der Waals surface area contributed by atoms with Crippen LogP contribution in [0.25, 0.3) is 0 Å². The largest absolute Gasteiger partial charge is 0.397 e. The van der Waals surface area contributed by atoms with Crippen LogP contribution in [0, 0.1) is 11.3 Å². The average Bonchev–Trinajstić information content (AvgIpc) is 2.54. The topological polar surface area (TPSA) is 62.4 Å². The Hall–Kier alpha value is -1.29. The van der Waals surface area contributed by atoms with Crippen LogP contribution in [0.2, 0.25) is 0 Å². The maximum absolute atomic E-state index is 9.34. The minimum atomic E-state index is 0.137. The molecule has 4 heteroatoms. The summed E-state index contributed by atoms with van der Waals surface area (Å²) >= 11 is 0. The summed E-state index contributed by atoms with van der Waals surface area (Å²) in [6, 6.07) is 3.80. The number of aliphatic hydroxyl groups is 1. The maximum Gasteiger partial charge on any atom is 0.128 e. The lowest BCUT2D eigenvalue weighted by Gasteiger charge is -2.23. The normalized spacial score (nSPS) is 23.7. The summed E-state index contributed by atoms with van der Waals surface area (Å²) in [6.07, 6.45) is 1.68. The van der Waals surface area contributed by atoms with E-state index >= 15 is 0 Å². The Labute approximate surface area is 96.1 Å². The summed E-state index contributed by atoms with van der Waals surface area (Å²) < 4.78 is 0. The number of aliphatic hydroxyl groups excluding tert-OH is 1. The Kier molecular flexibility index (Phi) is 2.76. The first-order valence-corrected chi connectivity index (χ1v) is 5.60. The van der Waals surface area contributed by atoms with Crippen LogP contribution in [0.3, 0.4) is 0 Å². The molecule has 3 N–H and O–H groups in total. The highest BCUT2D eigenvalue weighted by molar-refractivity contribution is 5.46. The molecule has 0 aliphatic carbocycles. The van der Waals surface area contributed by atoms with Crippen LogP contribution in [0.1, 0.15) is 13.8 Å². The van der Waals surface area contributed by atoms with Crippen LogP contribution in [-0.4, -0.2) is 29.8 Å². The molecular formula is C12H19N3O. The van der Waals surface area contributed by atoms with Crippen molar-refractivity contribution in [1.29, 1.82) is 0 Å². The SMILES string of the molecule is CC1(C)CN(c2ccc(N)cn2)C[C@@H]1CO. The van der Waals surface area contributed by atoms with Crippen LogP contribution in [0.4, 0.5) is 11.5 Å². The average molecular weight is 221 g/mol. The highest BCUT2D eigenvalue weighted by atomic mass is 16.3. The molecule has 1 saturated heterocycles. The Bertz CT molecular complexity index is 361. The summed E-state index contributed by atoms with van der Waals surface area (Å²) in [5.74, 6) is 1.25. The van der Waals surface area contributed by atoms with Crippen LogP contribution in [-0.2, 0) is 0 Å². The second kappa shape index (κ2) is 3.94. The first kappa shape index (κ1) is 11.2. The monoisotopic (exact) mass is 221 g/mol. The highest BCUT2D eigenvalue weighted by Crippen LogP contribution is 2.36. The zero-order valence-electron chi connectivity index (χ0n) is 9.85. The number of nitrogens with two attached hydrogens (primary N) is 1. The van der Waals surface area contributed by atoms with Gasteiger partial charge in [-0.25, -0.2) is 4.98 Å². The standard InChI is InChI=1S/C12H19N3O/c1-12(2)8-15(6-9(12)7-16)11-4-3-10(13)5-14-11/h3-5,9,16H,6-8,13H2,1-2H3/t9-/m1/s1. The molecule has 0 radical (unpaired) electrons. The van der Waals surface area contributed by atoms with Gasteiger partial charge in [-0.2, -0.15) is 0 Å². The van der Waals surface area contributed by atoms with E-state index in [1.54, 1.807) is 6.20 Å².